The Morgan fingerprint density at radius 3 is 2.34 bits per heavy atom. The molecule has 0 aliphatic heterocycles. The molecule has 1 amide bonds. The first-order valence-corrected chi connectivity index (χ1v) is 8.99. The van der Waals surface area contributed by atoms with Gasteiger partial charge in [-0.25, -0.2) is 9.38 Å². The number of methoxy groups -OCH3 is 1. The number of ether oxygens (including phenoxy) is 1. The number of rotatable bonds is 7. The summed E-state index contributed by atoms with van der Waals surface area (Å²) in [5, 5.41) is 6.22. The first-order chi connectivity index (χ1) is 13.4. The Kier molecular flexibility index (Phi) is 10.4. The number of amides is 1. The first kappa shape index (κ1) is 24.7. The van der Waals surface area contributed by atoms with E-state index in [4.69, 9.17) is 4.74 Å². The largest absolute Gasteiger partial charge is 0.497 e. The lowest BCUT2D eigenvalue weighted by molar-refractivity contribution is -0.127. The summed E-state index contributed by atoms with van der Waals surface area (Å²) in [4.78, 5) is 17.8. The van der Waals surface area contributed by atoms with Gasteiger partial charge < -0.3 is 20.3 Å². The van der Waals surface area contributed by atoms with Crippen LogP contribution in [0.5, 0.6) is 5.75 Å². The molecular formula is C21H28FIN4O2. The van der Waals surface area contributed by atoms with E-state index in [0.29, 0.717) is 24.6 Å². The van der Waals surface area contributed by atoms with E-state index in [1.807, 2.05) is 30.3 Å². The number of hydrogen-bond acceptors (Lipinski definition) is 3. The summed E-state index contributed by atoms with van der Waals surface area (Å²) >= 11 is 0. The van der Waals surface area contributed by atoms with Gasteiger partial charge in [-0.2, -0.15) is 0 Å². The van der Waals surface area contributed by atoms with Crippen molar-refractivity contribution in [2.75, 3.05) is 27.7 Å². The van der Waals surface area contributed by atoms with Gasteiger partial charge >= 0.3 is 0 Å². The lowest BCUT2D eigenvalue weighted by Crippen LogP contribution is -2.42. The van der Waals surface area contributed by atoms with E-state index in [1.54, 1.807) is 34.2 Å². The van der Waals surface area contributed by atoms with Gasteiger partial charge in [0, 0.05) is 20.6 Å². The van der Waals surface area contributed by atoms with Crippen LogP contribution in [0.4, 0.5) is 4.39 Å². The van der Waals surface area contributed by atoms with Crippen LogP contribution >= 0.6 is 24.0 Å². The fourth-order valence-corrected chi connectivity index (χ4v) is 2.33. The summed E-state index contributed by atoms with van der Waals surface area (Å²) in [7, 11) is 5.01. The summed E-state index contributed by atoms with van der Waals surface area (Å²) in [5.74, 6) is 0.942. The summed E-state index contributed by atoms with van der Waals surface area (Å²) < 4.78 is 18.9. The Labute approximate surface area is 188 Å². The number of aryl methyl sites for hydroxylation is 1. The Morgan fingerprint density at radius 1 is 1.10 bits per heavy atom. The molecule has 2 N–H and O–H groups in total. The number of hydrogen-bond donors (Lipinski definition) is 2. The molecule has 158 valence electrons. The Balaban J connectivity index is 0.00000420. The van der Waals surface area contributed by atoms with Crippen LogP contribution in [0.15, 0.2) is 47.5 Å². The molecular weight excluding hydrogens is 486 g/mol. The van der Waals surface area contributed by atoms with Crippen molar-refractivity contribution in [2.45, 2.75) is 20.0 Å². The Bertz CT molecular complexity index is 826. The SMILES string of the molecule is COc1ccc(CNC(=NCc2ccc(C)c(F)c2)NCC(=O)N(C)C)cc1.I. The number of carbonyl (C=O) groups is 1. The number of guanidine groups is 1. The zero-order valence-electron chi connectivity index (χ0n) is 17.2. The van der Waals surface area contributed by atoms with Crippen molar-refractivity contribution in [3.63, 3.8) is 0 Å². The molecule has 0 aromatic heterocycles. The highest BCUT2D eigenvalue weighted by Gasteiger charge is 2.07. The van der Waals surface area contributed by atoms with E-state index in [1.165, 1.54) is 11.0 Å². The van der Waals surface area contributed by atoms with E-state index in [2.05, 4.69) is 15.6 Å². The van der Waals surface area contributed by atoms with Gasteiger partial charge in [-0.05, 0) is 41.8 Å². The van der Waals surface area contributed by atoms with Crippen LogP contribution in [0.1, 0.15) is 16.7 Å². The Hall–Kier alpha value is -2.36. The van der Waals surface area contributed by atoms with Crippen molar-refractivity contribution in [2.24, 2.45) is 4.99 Å². The predicted molar refractivity (Wildman–Crippen MR) is 124 cm³/mol. The van der Waals surface area contributed by atoms with E-state index in [9.17, 15) is 9.18 Å². The van der Waals surface area contributed by atoms with Crippen molar-refractivity contribution in [1.29, 1.82) is 0 Å². The lowest BCUT2D eigenvalue weighted by atomic mass is 10.1. The topological polar surface area (TPSA) is 66.0 Å². The Morgan fingerprint density at radius 2 is 1.76 bits per heavy atom. The van der Waals surface area contributed by atoms with Gasteiger partial charge in [-0.3, -0.25) is 4.79 Å². The van der Waals surface area contributed by atoms with Crippen molar-refractivity contribution in [3.8, 4) is 5.75 Å². The molecule has 6 nitrogen and oxygen atoms in total. The maximum Gasteiger partial charge on any atom is 0.241 e. The average Bonchev–Trinajstić information content (AvgIpc) is 2.69. The minimum Gasteiger partial charge on any atom is -0.497 e. The highest BCUT2D eigenvalue weighted by atomic mass is 127. The first-order valence-electron chi connectivity index (χ1n) is 8.99. The van der Waals surface area contributed by atoms with Crippen LogP contribution in [0.3, 0.4) is 0 Å². The molecule has 2 rings (SSSR count). The van der Waals surface area contributed by atoms with Gasteiger partial charge in [0.05, 0.1) is 20.2 Å². The highest BCUT2D eigenvalue weighted by Crippen LogP contribution is 2.11. The average molecular weight is 514 g/mol. The van der Waals surface area contributed by atoms with Gasteiger partial charge in [-0.1, -0.05) is 24.3 Å². The number of likely N-dealkylation sites (N-methyl/N-ethyl adjacent to an activating group) is 1. The molecule has 0 heterocycles. The van der Waals surface area contributed by atoms with Crippen LogP contribution < -0.4 is 15.4 Å². The third-order valence-corrected chi connectivity index (χ3v) is 4.18. The molecule has 0 bridgehead atoms. The molecule has 2 aromatic carbocycles. The van der Waals surface area contributed by atoms with E-state index >= 15 is 0 Å². The summed E-state index contributed by atoms with van der Waals surface area (Å²) in [6.45, 7) is 2.65. The monoisotopic (exact) mass is 514 g/mol. The minimum absolute atomic E-state index is 0. The van der Waals surface area contributed by atoms with Crippen LogP contribution in [-0.4, -0.2) is 44.5 Å². The number of nitrogens with one attached hydrogen (secondary N) is 2. The second-order valence-corrected chi connectivity index (χ2v) is 6.59. The second-order valence-electron chi connectivity index (χ2n) is 6.59. The number of nitrogens with zero attached hydrogens (tertiary/aromatic N) is 2. The number of aliphatic imine (C=N–C) groups is 1. The molecule has 0 saturated heterocycles. The van der Waals surface area contributed by atoms with Crippen molar-refractivity contribution >= 4 is 35.8 Å². The molecule has 0 spiro atoms. The van der Waals surface area contributed by atoms with Crippen LogP contribution in [0.2, 0.25) is 0 Å². The molecule has 0 fully saturated rings. The molecule has 8 heteroatoms. The van der Waals surface area contributed by atoms with Crippen molar-refractivity contribution in [1.82, 2.24) is 15.5 Å². The normalized spacial score (nSPS) is 10.7. The number of halogens is 2. The predicted octanol–water partition coefficient (Wildman–Crippen LogP) is 3.08. The maximum atomic E-state index is 13.7. The van der Waals surface area contributed by atoms with Gasteiger partial charge in [-0.15, -0.1) is 24.0 Å². The van der Waals surface area contributed by atoms with E-state index in [-0.39, 0.29) is 42.2 Å². The van der Waals surface area contributed by atoms with Gasteiger partial charge in [0.15, 0.2) is 5.96 Å². The zero-order chi connectivity index (χ0) is 20.5. The van der Waals surface area contributed by atoms with E-state index in [0.717, 1.165) is 16.9 Å². The van der Waals surface area contributed by atoms with Crippen LogP contribution in [0.25, 0.3) is 0 Å². The highest BCUT2D eigenvalue weighted by molar-refractivity contribution is 14.0. The van der Waals surface area contributed by atoms with Gasteiger partial charge in [0.25, 0.3) is 0 Å². The molecule has 2 aromatic rings. The standard InChI is InChI=1S/C21H27FN4O2.HI/c1-15-5-6-17(11-19(15)22)13-24-21(25-14-20(27)26(2)3)23-12-16-7-9-18(28-4)10-8-16;/h5-11H,12-14H2,1-4H3,(H2,23,24,25);1H. The van der Waals surface area contributed by atoms with Crippen LogP contribution in [-0.2, 0) is 17.9 Å². The summed E-state index contributed by atoms with van der Waals surface area (Å²) in [6, 6.07) is 12.7. The van der Waals surface area contributed by atoms with Gasteiger partial charge in [0.2, 0.25) is 5.91 Å². The third kappa shape index (κ3) is 8.26. The molecule has 0 unspecified atom stereocenters. The quantitative estimate of drug-likeness (QED) is 0.339. The molecule has 0 radical (unpaired) electrons. The molecule has 0 saturated carbocycles. The number of benzene rings is 2. The van der Waals surface area contributed by atoms with Crippen molar-refractivity contribution < 1.29 is 13.9 Å². The van der Waals surface area contributed by atoms with Crippen molar-refractivity contribution in [3.05, 3.63) is 65.0 Å². The summed E-state index contributed by atoms with van der Waals surface area (Å²) in [6.07, 6.45) is 0. The third-order valence-electron chi connectivity index (χ3n) is 4.18. The molecule has 0 aliphatic carbocycles. The lowest BCUT2D eigenvalue weighted by Gasteiger charge is -2.15. The number of carbonyl (C=O) groups excluding carboxylic acids is 1. The maximum absolute atomic E-state index is 13.7. The smallest absolute Gasteiger partial charge is 0.241 e. The summed E-state index contributed by atoms with van der Waals surface area (Å²) in [5.41, 5.74) is 2.39. The second kappa shape index (κ2) is 12.3. The zero-order valence-corrected chi connectivity index (χ0v) is 19.5. The van der Waals surface area contributed by atoms with E-state index < -0.39 is 0 Å². The van der Waals surface area contributed by atoms with Gasteiger partial charge in [0.1, 0.15) is 11.6 Å². The van der Waals surface area contributed by atoms with Crippen LogP contribution in [0, 0.1) is 12.7 Å². The molecule has 29 heavy (non-hydrogen) atoms. The fourth-order valence-electron chi connectivity index (χ4n) is 2.33. The minimum atomic E-state index is -0.254. The molecule has 0 aliphatic rings. The molecule has 0 atom stereocenters. The fraction of sp³-hybridized carbons (Fsp3) is 0.333.